The fourth-order valence-electron chi connectivity index (χ4n) is 1.00. The van der Waals surface area contributed by atoms with Crippen molar-refractivity contribution in [3.05, 3.63) is 41.3 Å². The molecule has 1 aromatic carbocycles. The minimum atomic E-state index is -0.900. The Morgan fingerprint density at radius 2 is 1.75 bits per heavy atom. The Morgan fingerprint density at radius 1 is 1.25 bits per heavy atom. The molecule has 0 heterocycles. The predicted octanol–water partition coefficient (Wildman–Crippen LogP) is 3.29. The van der Waals surface area contributed by atoms with Crippen LogP contribution in [-0.4, -0.2) is 16.8 Å². The van der Waals surface area contributed by atoms with Gasteiger partial charge in [0, 0.05) is 6.42 Å². The number of halogens is 2. The second-order valence-corrected chi connectivity index (χ2v) is 5.36. The second-order valence-electron chi connectivity index (χ2n) is 2.78. The number of hydrogen-bond donors (Lipinski definition) is 1. The predicted molar refractivity (Wildman–Crippen MR) is 62.5 cm³/mol. The van der Waals surface area contributed by atoms with E-state index >= 15 is 0 Å². The van der Waals surface area contributed by atoms with E-state index < -0.39 is 23.0 Å². The van der Waals surface area contributed by atoms with Gasteiger partial charge in [-0.25, -0.2) is 0 Å². The van der Waals surface area contributed by atoms with Crippen molar-refractivity contribution in [3.8, 4) is 0 Å². The standard InChI is InChI=1S/C10H10NO2.2ClH.Ti/c11-9(6-7-10(12)13)8-4-2-1-3-5-8;;;/h1-5H,6-7H2,(H,12,13);2*1H;/q-1;;;+2/p-2. The monoisotopic (exact) mass is 294 g/mol. The van der Waals surface area contributed by atoms with Gasteiger partial charge >= 0.3 is 41.6 Å². The average Bonchev–Trinajstić information content (AvgIpc) is 2.28. The third-order valence-corrected chi connectivity index (χ3v) is 1.68. The Kier molecular flexibility index (Phi) is 9.64. The van der Waals surface area contributed by atoms with E-state index in [1.807, 2.05) is 6.07 Å². The van der Waals surface area contributed by atoms with Crippen LogP contribution in [0.2, 0.25) is 0 Å². The number of benzene rings is 1. The molecule has 1 rings (SSSR count). The third kappa shape index (κ3) is 7.88. The minimum absolute atomic E-state index is 0.0409. The van der Waals surface area contributed by atoms with E-state index in [-0.39, 0.29) is 18.6 Å². The van der Waals surface area contributed by atoms with E-state index in [1.165, 1.54) is 0 Å². The summed E-state index contributed by atoms with van der Waals surface area (Å²) in [7, 11) is 9.78. The summed E-state index contributed by atoms with van der Waals surface area (Å²) in [6, 6.07) is 8.93. The number of carboxylic acids is 1. The molecule has 0 aliphatic rings. The molecule has 1 N–H and O–H groups in total. The van der Waals surface area contributed by atoms with Gasteiger partial charge in [-0.05, 0) is 12.0 Å². The molecule has 0 saturated heterocycles. The topological polar surface area (TPSA) is 59.6 Å². The van der Waals surface area contributed by atoms with Crippen LogP contribution in [0.15, 0.2) is 30.3 Å². The Morgan fingerprint density at radius 3 is 2.19 bits per heavy atom. The van der Waals surface area contributed by atoms with E-state index in [4.69, 9.17) is 23.7 Å². The minimum Gasteiger partial charge on any atom is -0.807 e. The molecule has 86 valence electrons. The first-order valence-corrected chi connectivity index (χ1v) is 8.69. The molecule has 0 bridgehead atoms. The SMILES string of the molecule is [Cl][Ti][Cl].[N-]=C(CCC(=O)O)c1ccccc1. The van der Waals surface area contributed by atoms with Gasteiger partial charge in [-0.1, -0.05) is 30.3 Å². The molecule has 0 radical (unpaired) electrons. The summed E-state index contributed by atoms with van der Waals surface area (Å²) in [5.41, 5.74) is 0.812. The van der Waals surface area contributed by atoms with E-state index in [2.05, 4.69) is 0 Å². The molecule has 0 saturated carbocycles. The quantitative estimate of drug-likeness (QED) is 0.684. The molecule has 3 nitrogen and oxygen atoms in total. The van der Waals surface area contributed by atoms with E-state index in [0.29, 0.717) is 5.56 Å². The molecule has 0 aliphatic carbocycles. The molecule has 0 amide bonds. The Labute approximate surface area is 111 Å². The maximum absolute atomic E-state index is 10.2. The van der Waals surface area contributed by atoms with Gasteiger partial charge in [-0.2, -0.15) is 5.71 Å². The molecular weight excluding hydrogens is 285 g/mol. The molecule has 0 unspecified atom stereocenters. The Hall–Kier alpha value is -0.346. The average molecular weight is 295 g/mol. The van der Waals surface area contributed by atoms with Crippen LogP contribution in [-0.2, 0) is 21.8 Å². The Balaban J connectivity index is 0.000000673. The summed E-state index contributed by atoms with van der Waals surface area (Å²) < 4.78 is 0. The fourth-order valence-corrected chi connectivity index (χ4v) is 1.00. The van der Waals surface area contributed by atoms with Crippen molar-refractivity contribution in [2.75, 3.05) is 0 Å². The van der Waals surface area contributed by atoms with Crippen LogP contribution in [0.4, 0.5) is 0 Å². The van der Waals surface area contributed by atoms with Crippen molar-refractivity contribution < 1.29 is 26.9 Å². The van der Waals surface area contributed by atoms with Crippen LogP contribution in [0.25, 0.3) is 5.41 Å². The van der Waals surface area contributed by atoms with Gasteiger partial charge in [0.1, 0.15) is 0 Å². The van der Waals surface area contributed by atoms with Crippen molar-refractivity contribution in [2.24, 2.45) is 0 Å². The van der Waals surface area contributed by atoms with Gasteiger partial charge in [0.25, 0.3) is 0 Å². The first kappa shape index (κ1) is 15.7. The zero-order chi connectivity index (χ0) is 12.4. The van der Waals surface area contributed by atoms with Crippen LogP contribution < -0.4 is 0 Å². The fraction of sp³-hybridized carbons (Fsp3) is 0.200. The zero-order valence-electron chi connectivity index (χ0n) is 8.36. The summed E-state index contributed by atoms with van der Waals surface area (Å²) in [5.74, 6) is -0.900. The Bertz CT molecular complexity index is 333. The summed E-state index contributed by atoms with van der Waals surface area (Å²) >= 11 is -0.556. The number of carboxylic acid groups (broad SMARTS) is 1. The molecular formula is C10H10Cl2NO2Ti-. The van der Waals surface area contributed by atoms with Gasteiger partial charge in [0.15, 0.2) is 0 Å². The van der Waals surface area contributed by atoms with Crippen molar-refractivity contribution in [2.45, 2.75) is 12.8 Å². The van der Waals surface area contributed by atoms with Gasteiger partial charge < -0.3 is 10.5 Å². The number of nitrogens with zero attached hydrogens (tertiary/aromatic N) is 1. The first-order chi connectivity index (χ1) is 7.61. The molecule has 0 atom stereocenters. The van der Waals surface area contributed by atoms with Crippen LogP contribution in [0, 0.1) is 0 Å². The smallest absolute Gasteiger partial charge is 0.303 e. The summed E-state index contributed by atoms with van der Waals surface area (Å²) in [6.45, 7) is 0. The molecule has 0 fully saturated rings. The summed E-state index contributed by atoms with van der Waals surface area (Å²) in [5, 5.41) is 17.8. The molecule has 1 aromatic rings. The molecule has 0 aliphatic heterocycles. The van der Waals surface area contributed by atoms with E-state index in [1.54, 1.807) is 24.3 Å². The normalized spacial score (nSPS) is 8.62. The third-order valence-electron chi connectivity index (χ3n) is 1.68. The van der Waals surface area contributed by atoms with Crippen LogP contribution in [0.5, 0.6) is 0 Å². The van der Waals surface area contributed by atoms with E-state index in [0.717, 1.165) is 0 Å². The van der Waals surface area contributed by atoms with Crippen molar-refractivity contribution >= 4 is 30.3 Å². The summed E-state index contributed by atoms with van der Waals surface area (Å²) in [4.78, 5) is 10.2. The number of rotatable bonds is 4. The van der Waals surface area contributed by atoms with Gasteiger partial charge in [-0.3, -0.25) is 4.79 Å². The molecule has 6 heteroatoms. The van der Waals surface area contributed by atoms with Crippen molar-refractivity contribution in [3.63, 3.8) is 0 Å². The maximum atomic E-state index is 10.2. The second kappa shape index (κ2) is 9.85. The van der Waals surface area contributed by atoms with Gasteiger partial charge in [-0.15, -0.1) is 0 Å². The number of carbonyl (C=O) groups is 1. The van der Waals surface area contributed by atoms with Crippen LogP contribution in [0.1, 0.15) is 18.4 Å². The summed E-state index contributed by atoms with van der Waals surface area (Å²) in [6.07, 6.45) is 0.139. The van der Waals surface area contributed by atoms with Crippen LogP contribution >= 0.6 is 18.6 Å². The van der Waals surface area contributed by atoms with E-state index in [9.17, 15) is 10.2 Å². The molecule has 0 spiro atoms. The molecule has 0 aromatic heterocycles. The number of aliphatic carboxylic acids is 1. The van der Waals surface area contributed by atoms with Crippen molar-refractivity contribution in [1.29, 1.82) is 0 Å². The molecule has 16 heavy (non-hydrogen) atoms. The maximum Gasteiger partial charge on any atom is 0.303 e. The zero-order valence-corrected chi connectivity index (χ0v) is 11.4. The number of hydrogen-bond acceptors (Lipinski definition) is 1. The van der Waals surface area contributed by atoms with Gasteiger partial charge in [0.05, 0.1) is 0 Å². The van der Waals surface area contributed by atoms with Crippen LogP contribution in [0.3, 0.4) is 0 Å². The van der Waals surface area contributed by atoms with Crippen molar-refractivity contribution in [1.82, 2.24) is 0 Å². The van der Waals surface area contributed by atoms with Gasteiger partial charge in [0.2, 0.25) is 0 Å². The first-order valence-electron chi connectivity index (χ1n) is 4.40. The largest absolute Gasteiger partial charge is 0.807 e.